The third-order valence-electron chi connectivity index (χ3n) is 5.56. The molecule has 1 N–H and O–H groups in total. The molecule has 0 fully saturated rings. The molecule has 40 heavy (non-hydrogen) atoms. The quantitative estimate of drug-likeness (QED) is 0.321. The zero-order valence-electron chi connectivity index (χ0n) is 22.6. The highest BCUT2D eigenvalue weighted by Crippen LogP contribution is 2.33. The lowest BCUT2D eigenvalue weighted by Gasteiger charge is -2.29. The monoisotopic (exact) mass is 583 g/mol. The Hall–Kier alpha value is -3.93. The van der Waals surface area contributed by atoms with Gasteiger partial charge in [-0.1, -0.05) is 19.1 Å². The van der Waals surface area contributed by atoms with Crippen molar-refractivity contribution in [3.8, 4) is 11.5 Å². The topological polar surface area (TPSA) is 116 Å². The van der Waals surface area contributed by atoms with E-state index in [1.807, 2.05) is 6.92 Å². The summed E-state index contributed by atoms with van der Waals surface area (Å²) in [5, 5.41) is 8.62. The first-order chi connectivity index (χ1) is 19.1. The lowest BCUT2D eigenvalue weighted by atomic mass is 9.89. The van der Waals surface area contributed by atoms with Crippen molar-refractivity contribution in [1.82, 2.24) is 5.01 Å². The van der Waals surface area contributed by atoms with Crippen LogP contribution in [0.3, 0.4) is 0 Å². The highest BCUT2D eigenvalue weighted by molar-refractivity contribution is 6.61. The van der Waals surface area contributed by atoms with Gasteiger partial charge in [0.05, 0.1) is 32.6 Å². The Labute approximate surface area is 236 Å². The summed E-state index contributed by atoms with van der Waals surface area (Å²) in [6, 6.07) is 11.6. The maximum Gasteiger partial charge on any atom is 0.411 e. The standard InChI is InChI=1S/C24H27F2N3O5.C3H5ClO2/c1-4-16-13-21(30)29(14-15-6-9-18(10-7-15)27-24(31)33-5-2)28-22(16)17-8-11-19(34-23(25)26)20(12-17)32-3;1-2-6-3(4)5/h6-12,16,23H,4-5,13-14H2,1-3H3,(H,27,31);2H2,1H3. The van der Waals surface area contributed by atoms with Crippen molar-refractivity contribution in [2.75, 3.05) is 25.6 Å². The van der Waals surface area contributed by atoms with Crippen LogP contribution < -0.4 is 14.8 Å². The van der Waals surface area contributed by atoms with E-state index in [0.717, 1.165) is 5.56 Å². The van der Waals surface area contributed by atoms with Gasteiger partial charge >= 0.3 is 18.1 Å². The van der Waals surface area contributed by atoms with Gasteiger partial charge in [-0.05, 0) is 56.2 Å². The SMILES string of the molecule is CCOC(=O)Cl.CCOC(=O)Nc1ccc(CN2N=C(c3ccc(OC(F)F)c(OC)c3)C(CC)CC2=O)cc1. The van der Waals surface area contributed by atoms with Gasteiger partial charge in [0.25, 0.3) is 0 Å². The Morgan fingerprint density at radius 3 is 2.27 bits per heavy atom. The van der Waals surface area contributed by atoms with Gasteiger partial charge < -0.3 is 18.9 Å². The molecule has 1 heterocycles. The van der Waals surface area contributed by atoms with Crippen LogP contribution in [0, 0.1) is 5.92 Å². The number of halogens is 3. The minimum absolute atomic E-state index is 0.0739. The molecule has 3 rings (SSSR count). The van der Waals surface area contributed by atoms with E-state index in [9.17, 15) is 23.2 Å². The van der Waals surface area contributed by atoms with Crippen molar-refractivity contribution >= 4 is 40.4 Å². The Morgan fingerprint density at radius 2 is 1.75 bits per heavy atom. The van der Waals surface area contributed by atoms with Crippen LogP contribution >= 0.6 is 11.6 Å². The van der Waals surface area contributed by atoms with Crippen molar-refractivity contribution < 1.29 is 42.1 Å². The van der Waals surface area contributed by atoms with Crippen LogP contribution in [-0.4, -0.2) is 55.1 Å². The second-order valence-corrected chi connectivity index (χ2v) is 8.51. The second-order valence-electron chi connectivity index (χ2n) is 8.20. The molecule has 0 saturated heterocycles. The molecule has 2 aromatic rings. The average Bonchev–Trinajstić information content (AvgIpc) is 2.91. The summed E-state index contributed by atoms with van der Waals surface area (Å²) >= 11 is 4.72. The maximum atomic E-state index is 12.7. The van der Waals surface area contributed by atoms with Gasteiger partial charge in [-0.2, -0.15) is 13.9 Å². The fraction of sp³-hybridized carbons (Fsp3) is 0.407. The molecule has 218 valence electrons. The van der Waals surface area contributed by atoms with E-state index in [4.69, 9.17) is 21.1 Å². The van der Waals surface area contributed by atoms with Gasteiger partial charge in [0.15, 0.2) is 11.5 Å². The number of alkyl halides is 2. The van der Waals surface area contributed by atoms with Gasteiger partial charge in [0, 0.05) is 35.2 Å². The van der Waals surface area contributed by atoms with Gasteiger partial charge in [0.1, 0.15) is 0 Å². The summed E-state index contributed by atoms with van der Waals surface area (Å²) < 4.78 is 44.1. The molecule has 1 atom stereocenters. The van der Waals surface area contributed by atoms with Crippen molar-refractivity contribution in [2.45, 2.75) is 46.8 Å². The first-order valence-electron chi connectivity index (χ1n) is 12.5. The third-order valence-corrected chi connectivity index (χ3v) is 5.67. The van der Waals surface area contributed by atoms with Gasteiger partial charge in [-0.3, -0.25) is 10.1 Å². The summed E-state index contributed by atoms with van der Waals surface area (Å²) in [4.78, 5) is 33.9. The number of ether oxygens (including phenoxy) is 4. The van der Waals surface area contributed by atoms with E-state index in [1.54, 1.807) is 50.2 Å². The lowest BCUT2D eigenvalue weighted by Crippen LogP contribution is -2.36. The third kappa shape index (κ3) is 9.99. The lowest BCUT2D eigenvalue weighted by molar-refractivity contribution is -0.133. The van der Waals surface area contributed by atoms with Crippen LogP contribution in [0.15, 0.2) is 47.6 Å². The summed E-state index contributed by atoms with van der Waals surface area (Å²) in [6.45, 7) is 3.27. The Morgan fingerprint density at radius 1 is 1.07 bits per heavy atom. The van der Waals surface area contributed by atoms with Crippen LogP contribution in [0.25, 0.3) is 0 Å². The van der Waals surface area contributed by atoms with Gasteiger partial charge in [-0.15, -0.1) is 0 Å². The first-order valence-corrected chi connectivity index (χ1v) is 12.9. The van der Waals surface area contributed by atoms with E-state index in [-0.39, 0.29) is 42.9 Å². The van der Waals surface area contributed by atoms with E-state index in [0.29, 0.717) is 30.0 Å². The number of nitrogens with one attached hydrogen (secondary N) is 1. The largest absolute Gasteiger partial charge is 0.493 e. The van der Waals surface area contributed by atoms with E-state index in [1.165, 1.54) is 18.2 Å². The van der Waals surface area contributed by atoms with Crippen molar-refractivity contribution in [3.05, 3.63) is 53.6 Å². The minimum Gasteiger partial charge on any atom is -0.493 e. The summed E-state index contributed by atoms with van der Waals surface area (Å²) in [7, 11) is 1.37. The highest BCUT2D eigenvalue weighted by Gasteiger charge is 2.30. The molecule has 2 aromatic carbocycles. The predicted octanol–water partition coefficient (Wildman–Crippen LogP) is 6.41. The van der Waals surface area contributed by atoms with Crippen LogP contribution in [0.2, 0.25) is 0 Å². The van der Waals surface area contributed by atoms with E-state index >= 15 is 0 Å². The number of carbonyl (C=O) groups excluding carboxylic acids is 3. The van der Waals surface area contributed by atoms with Crippen LogP contribution in [0.5, 0.6) is 11.5 Å². The van der Waals surface area contributed by atoms with Gasteiger partial charge in [-0.25, -0.2) is 14.6 Å². The molecular formula is C27H32ClF2N3O7. The number of hydrogen-bond acceptors (Lipinski definition) is 8. The molecule has 0 spiro atoms. The molecule has 0 aromatic heterocycles. The predicted molar refractivity (Wildman–Crippen MR) is 145 cm³/mol. The molecule has 0 radical (unpaired) electrons. The fourth-order valence-corrected chi connectivity index (χ4v) is 3.83. The smallest absolute Gasteiger partial charge is 0.411 e. The fourth-order valence-electron chi connectivity index (χ4n) is 3.72. The number of carbonyl (C=O) groups is 3. The van der Waals surface area contributed by atoms with Crippen LogP contribution in [0.1, 0.15) is 44.7 Å². The van der Waals surface area contributed by atoms with E-state index in [2.05, 4.69) is 19.9 Å². The normalized spacial score (nSPS) is 14.5. The zero-order valence-corrected chi connectivity index (χ0v) is 23.4. The van der Waals surface area contributed by atoms with Crippen molar-refractivity contribution in [1.29, 1.82) is 0 Å². The Bertz CT molecular complexity index is 1180. The summed E-state index contributed by atoms with van der Waals surface area (Å²) in [5.41, 5.74) is 1.98. The molecule has 1 unspecified atom stereocenters. The first kappa shape index (κ1) is 32.3. The number of benzene rings is 2. The number of anilines is 1. The zero-order chi connectivity index (χ0) is 29.7. The minimum atomic E-state index is -2.97. The number of rotatable bonds is 10. The number of nitrogens with zero attached hydrogens (tertiary/aromatic N) is 2. The Kier molecular flexibility index (Phi) is 13.1. The molecule has 0 bridgehead atoms. The molecule has 13 heteroatoms. The highest BCUT2D eigenvalue weighted by atomic mass is 35.5. The van der Waals surface area contributed by atoms with Crippen molar-refractivity contribution in [3.63, 3.8) is 0 Å². The summed E-state index contributed by atoms with van der Waals surface area (Å²) in [5.74, 6) is -0.154. The summed E-state index contributed by atoms with van der Waals surface area (Å²) in [6.07, 6.45) is 0.418. The number of hydrazone groups is 1. The second kappa shape index (κ2) is 16.2. The molecule has 2 amide bonds. The molecule has 0 saturated carbocycles. The van der Waals surface area contributed by atoms with Gasteiger partial charge in [0.2, 0.25) is 5.91 Å². The molecule has 1 aliphatic rings. The number of amides is 2. The average molecular weight is 584 g/mol. The van der Waals surface area contributed by atoms with E-state index < -0.39 is 18.1 Å². The molecular weight excluding hydrogens is 552 g/mol. The molecule has 10 nitrogen and oxygen atoms in total. The van der Waals surface area contributed by atoms with Crippen LogP contribution in [-0.2, 0) is 20.8 Å². The molecule has 1 aliphatic heterocycles. The number of hydrogen-bond donors (Lipinski definition) is 1. The molecule has 0 aliphatic carbocycles. The Balaban J connectivity index is 0.000000840. The maximum absolute atomic E-state index is 12.7. The van der Waals surface area contributed by atoms with Crippen molar-refractivity contribution in [2.24, 2.45) is 11.0 Å². The number of methoxy groups -OCH3 is 1. The van der Waals surface area contributed by atoms with Crippen LogP contribution in [0.4, 0.5) is 24.1 Å².